The molecule has 0 aliphatic carbocycles. The fraction of sp³-hybridized carbons (Fsp3) is 1.00. The van der Waals surface area contributed by atoms with Crippen LogP contribution < -0.4 is 0 Å². The molecule has 1 aliphatic heterocycles. The van der Waals surface area contributed by atoms with Gasteiger partial charge in [-0.25, -0.2) is 0 Å². The lowest BCUT2D eigenvalue weighted by atomic mass is 10.6. The molecule has 1 aliphatic rings. The molecule has 0 N–H and O–H groups in total. The summed E-state index contributed by atoms with van der Waals surface area (Å²) < 4.78 is 17.0. The average Bonchev–Trinajstić information content (AvgIpc) is 2.18. The van der Waals surface area contributed by atoms with Crippen LogP contribution in [0.4, 0.5) is 0 Å². The smallest absolute Gasteiger partial charge is 0.377 e. The zero-order valence-electron chi connectivity index (χ0n) is 8.46. The third-order valence-corrected chi connectivity index (χ3v) is 6.37. The van der Waals surface area contributed by atoms with Crippen molar-refractivity contribution in [2.75, 3.05) is 37.2 Å². The molecule has 0 aromatic rings. The molecule has 1 saturated heterocycles. The first-order valence-electron chi connectivity index (χ1n) is 4.80. The van der Waals surface area contributed by atoms with Gasteiger partial charge in [-0.15, -0.1) is 0 Å². The second-order valence-corrected chi connectivity index (χ2v) is 7.86. The Morgan fingerprint density at radius 2 is 2.00 bits per heavy atom. The van der Waals surface area contributed by atoms with Crippen LogP contribution in [0, 0.1) is 0 Å². The van der Waals surface area contributed by atoms with Gasteiger partial charge in [0.05, 0.1) is 0 Å². The maximum absolute atomic E-state index is 5.77. The van der Waals surface area contributed by atoms with Crippen LogP contribution in [0.25, 0.3) is 0 Å². The van der Waals surface area contributed by atoms with Crippen molar-refractivity contribution >= 4 is 36.5 Å². The third kappa shape index (κ3) is 4.20. The first-order chi connectivity index (χ1) is 6.83. The summed E-state index contributed by atoms with van der Waals surface area (Å²) >= 11 is 5.29. The predicted octanol–water partition coefficient (Wildman–Crippen LogP) is 2.14. The van der Waals surface area contributed by atoms with E-state index in [4.69, 9.17) is 13.3 Å². The molecule has 1 heterocycles. The van der Waals surface area contributed by atoms with Crippen molar-refractivity contribution in [3.05, 3.63) is 0 Å². The first-order valence-corrected chi connectivity index (χ1v) is 9.00. The lowest BCUT2D eigenvalue weighted by Gasteiger charge is -2.29. The number of thioether (sulfide) groups is 1. The van der Waals surface area contributed by atoms with Crippen molar-refractivity contribution in [2.45, 2.75) is 12.5 Å². The van der Waals surface area contributed by atoms with Crippen molar-refractivity contribution in [1.29, 1.82) is 0 Å². The summed E-state index contributed by atoms with van der Waals surface area (Å²) in [5, 5.41) is 0.979. The molecule has 1 fully saturated rings. The standard InChI is InChI=1S/C8H17BrO3SSi/c1-10-14(8-2-3-9)11-4-6-13-7-5-12-14/h2-8H2,1H3. The van der Waals surface area contributed by atoms with Crippen LogP contribution in [-0.2, 0) is 13.3 Å². The molecule has 0 amide bonds. The lowest BCUT2D eigenvalue weighted by molar-refractivity contribution is 0.0863. The van der Waals surface area contributed by atoms with Gasteiger partial charge in [0, 0.05) is 43.2 Å². The van der Waals surface area contributed by atoms with E-state index in [1.807, 2.05) is 11.8 Å². The molecular formula is C8H17BrO3SSi. The van der Waals surface area contributed by atoms with Gasteiger partial charge in [0.15, 0.2) is 0 Å². The fourth-order valence-corrected chi connectivity index (χ4v) is 5.25. The molecule has 3 nitrogen and oxygen atoms in total. The van der Waals surface area contributed by atoms with Gasteiger partial charge in [0.25, 0.3) is 0 Å². The van der Waals surface area contributed by atoms with E-state index >= 15 is 0 Å². The highest BCUT2D eigenvalue weighted by molar-refractivity contribution is 9.09. The van der Waals surface area contributed by atoms with Gasteiger partial charge < -0.3 is 13.3 Å². The molecular weight excluding hydrogens is 284 g/mol. The Hall–Kier alpha value is 0.927. The Kier molecular flexibility index (Phi) is 6.72. The first kappa shape index (κ1) is 13.0. The Morgan fingerprint density at radius 3 is 2.50 bits per heavy atom. The minimum atomic E-state index is -2.30. The maximum atomic E-state index is 5.77. The Morgan fingerprint density at radius 1 is 1.36 bits per heavy atom. The summed E-state index contributed by atoms with van der Waals surface area (Å²) in [5.74, 6) is 2.10. The quantitative estimate of drug-likeness (QED) is 0.587. The SMILES string of the molecule is CO[Si]1(CCCBr)OCCSCCO1. The van der Waals surface area contributed by atoms with Gasteiger partial charge in [0.2, 0.25) is 0 Å². The number of halogens is 1. The van der Waals surface area contributed by atoms with E-state index in [2.05, 4.69) is 15.9 Å². The van der Waals surface area contributed by atoms with Crippen LogP contribution in [0.15, 0.2) is 0 Å². The molecule has 0 saturated carbocycles. The second-order valence-electron chi connectivity index (χ2n) is 2.99. The monoisotopic (exact) mass is 300 g/mol. The van der Waals surface area contributed by atoms with Gasteiger partial charge >= 0.3 is 8.80 Å². The predicted molar refractivity (Wildman–Crippen MR) is 65.2 cm³/mol. The topological polar surface area (TPSA) is 27.7 Å². The lowest BCUT2D eigenvalue weighted by Crippen LogP contribution is -2.46. The van der Waals surface area contributed by atoms with Gasteiger partial charge in [0.1, 0.15) is 0 Å². The highest BCUT2D eigenvalue weighted by Gasteiger charge is 2.39. The third-order valence-electron chi connectivity index (χ3n) is 2.03. The Labute approximate surface area is 99.4 Å². The van der Waals surface area contributed by atoms with E-state index in [-0.39, 0.29) is 0 Å². The number of hydrogen-bond donors (Lipinski definition) is 0. The van der Waals surface area contributed by atoms with Crippen molar-refractivity contribution < 1.29 is 13.3 Å². The van der Waals surface area contributed by atoms with Crippen LogP contribution in [0.5, 0.6) is 0 Å². The molecule has 0 spiro atoms. The van der Waals surface area contributed by atoms with Crippen LogP contribution in [0.2, 0.25) is 6.04 Å². The zero-order valence-corrected chi connectivity index (χ0v) is 11.9. The van der Waals surface area contributed by atoms with Crippen molar-refractivity contribution in [2.24, 2.45) is 0 Å². The number of hydrogen-bond acceptors (Lipinski definition) is 4. The largest absolute Gasteiger partial charge is 0.500 e. The van der Waals surface area contributed by atoms with E-state index < -0.39 is 8.80 Å². The fourth-order valence-electron chi connectivity index (χ4n) is 1.30. The molecule has 6 heteroatoms. The van der Waals surface area contributed by atoms with Crippen LogP contribution in [-0.4, -0.2) is 46.0 Å². The second kappa shape index (κ2) is 7.24. The Balaban J connectivity index is 2.44. The number of alkyl halides is 1. The molecule has 1 rings (SSSR count). The number of rotatable bonds is 4. The van der Waals surface area contributed by atoms with Crippen LogP contribution in [0.1, 0.15) is 6.42 Å². The molecule has 0 atom stereocenters. The summed E-state index contributed by atoms with van der Waals surface area (Å²) in [6.07, 6.45) is 1.05. The average molecular weight is 301 g/mol. The normalized spacial score (nSPS) is 22.7. The highest BCUT2D eigenvalue weighted by Crippen LogP contribution is 2.20. The van der Waals surface area contributed by atoms with Crippen LogP contribution in [0.3, 0.4) is 0 Å². The van der Waals surface area contributed by atoms with E-state index in [9.17, 15) is 0 Å². The summed E-state index contributed by atoms with van der Waals surface area (Å²) in [6.45, 7) is 1.51. The summed E-state index contributed by atoms with van der Waals surface area (Å²) in [5.41, 5.74) is 0. The molecule has 0 radical (unpaired) electrons. The van der Waals surface area contributed by atoms with E-state index in [1.165, 1.54) is 0 Å². The Bertz CT molecular complexity index is 148. The molecule has 0 aromatic heterocycles. The van der Waals surface area contributed by atoms with Crippen molar-refractivity contribution in [3.63, 3.8) is 0 Å². The van der Waals surface area contributed by atoms with E-state index in [0.29, 0.717) is 0 Å². The summed E-state index contributed by atoms with van der Waals surface area (Å²) in [4.78, 5) is 0. The molecule has 0 unspecified atom stereocenters. The maximum Gasteiger partial charge on any atom is 0.500 e. The zero-order chi connectivity index (χ0) is 10.3. The van der Waals surface area contributed by atoms with Crippen molar-refractivity contribution in [1.82, 2.24) is 0 Å². The molecule has 0 aromatic carbocycles. The van der Waals surface area contributed by atoms with Crippen molar-refractivity contribution in [3.8, 4) is 0 Å². The van der Waals surface area contributed by atoms with Gasteiger partial charge in [-0.1, -0.05) is 15.9 Å². The minimum Gasteiger partial charge on any atom is -0.377 e. The molecule has 84 valence electrons. The van der Waals surface area contributed by atoms with Gasteiger partial charge in [-0.2, -0.15) is 11.8 Å². The van der Waals surface area contributed by atoms with Gasteiger partial charge in [-0.3, -0.25) is 0 Å². The van der Waals surface area contributed by atoms with E-state index in [1.54, 1.807) is 7.11 Å². The summed E-state index contributed by atoms with van der Waals surface area (Å²) in [7, 11) is -0.600. The molecule has 0 bridgehead atoms. The molecule has 14 heavy (non-hydrogen) atoms. The highest BCUT2D eigenvalue weighted by atomic mass is 79.9. The summed E-state index contributed by atoms with van der Waals surface area (Å²) in [6, 6.07) is 0.916. The van der Waals surface area contributed by atoms with E-state index in [0.717, 1.165) is 42.5 Å². The van der Waals surface area contributed by atoms with Gasteiger partial charge in [-0.05, 0) is 6.42 Å². The van der Waals surface area contributed by atoms with Crippen LogP contribution >= 0.6 is 27.7 Å². The minimum absolute atomic E-state index is 0.757.